The molecular formula is C19H26N4O4. The Morgan fingerprint density at radius 1 is 1.07 bits per heavy atom. The van der Waals surface area contributed by atoms with E-state index in [1.807, 2.05) is 0 Å². The number of carbonyl (C=O) groups excluding carboxylic acids is 3. The number of likely N-dealkylation sites (tertiary alicyclic amines) is 1. The molecule has 146 valence electrons. The van der Waals surface area contributed by atoms with Gasteiger partial charge in [-0.15, -0.1) is 0 Å². The third kappa shape index (κ3) is 5.60. The molecule has 1 aliphatic heterocycles. The number of hydrogen-bond acceptors (Lipinski definition) is 4. The van der Waals surface area contributed by atoms with Crippen molar-refractivity contribution >= 4 is 23.7 Å². The molecule has 0 aromatic heterocycles. The lowest BCUT2D eigenvalue weighted by Gasteiger charge is -2.33. The van der Waals surface area contributed by atoms with Crippen LogP contribution < -0.4 is 16.0 Å². The Kier molecular flexibility index (Phi) is 6.16. The Bertz CT molecular complexity index is 687. The van der Waals surface area contributed by atoms with E-state index in [1.165, 1.54) is 0 Å². The van der Waals surface area contributed by atoms with Crippen molar-refractivity contribution in [1.82, 2.24) is 15.5 Å². The van der Waals surface area contributed by atoms with Gasteiger partial charge in [0.05, 0.1) is 6.61 Å². The predicted molar refractivity (Wildman–Crippen MR) is 101 cm³/mol. The van der Waals surface area contributed by atoms with Gasteiger partial charge in [-0.3, -0.25) is 4.79 Å². The first kappa shape index (κ1) is 19.0. The van der Waals surface area contributed by atoms with Crippen molar-refractivity contribution in [3.8, 4) is 0 Å². The highest BCUT2D eigenvalue weighted by molar-refractivity contribution is 5.95. The minimum atomic E-state index is -0.447. The third-order valence-corrected chi connectivity index (χ3v) is 4.61. The first-order chi connectivity index (χ1) is 13.0. The van der Waals surface area contributed by atoms with Crippen LogP contribution in [0.15, 0.2) is 24.3 Å². The number of hydrogen-bond donors (Lipinski definition) is 3. The van der Waals surface area contributed by atoms with Crippen LogP contribution in [-0.2, 0) is 4.74 Å². The van der Waals surface area contributed by atoms with E-state index in [0.717, 1.165) is 25.7 Å². The highest BCUT2D eigenvalue weighted by atomic mass is 16.5. The fraction of sp³-hybridized carbons (Fsp3) is 0.526. The molecule has 1 aliphatic carbocycles. The van der Waals surface area contributed by atoms with Gasteiger partial charge in [0.2, 0.25) is 0 Å². The average molecular weight is 374 g/mol. The minimum Gasteiger partial charge on any atom is -0.450 e. The number of urea groups is 1. The lowest BCUT2D eigenvalue weighted by Crippen LogP contribution is -2.49. The molecule has 1 aromatic rings. The lowest BCUT2D eigenvalue weighted by molar-refractivity contribution is 0.0686. The molecular weight excluding hydrogens is 348 g/mol. The van der Waals surface area contributed by atoms with Crippen molar-refractivity contribution in [3.63, 3.8) is 0 Å². The second-order valence-electron chi connectivity index (χ2n) is 6.91. The zero-order valence-corrected chi connectivity index (χ0v) is 15.5. The van der Waals surface area contributed by atoms with Crippen LogP contribution in [0, 0.1) is 0 Å². The van der Waals surface area contributed by atoms with Gasteiger partial charge in [0.15, 0.2) is 0 Å². The second kappa shape index (κ2) is 8.75. The Morgan fingerprint density at radius 3 is 2.48 bits per heavy atom. The standard InChI is InChI=1S/C19H26N4O4/c1-2-27-19(26)22-16-4-3-11-23(12-16)17(24)13-5-7-14(8-6-13)20-18(25)21-15-9-10-15/h5-8,15-16H,2-4,9-12H2,1H3,(H,22,26)(H2,20,21,25)/t16-/m0/s1. The second-order valence-corrected chi connectivity index (χ2v) is 6.91. The molecule has 2 fully saturated rings. The van der Waals surface area contributed by atoms with E-state index in [0.29, 0.717) is 37.0 Å². The van der Waals surface area contributed by atoms with E-state index in [1.54, 1.807) is 36.1 Å². The van der Waals surface area contributed by atoms with E-state index in [9.17, 15) is 14.4 Å². The van der Waals surface area contributed by atoms with Crippen LogP contribution in [0.3, 0.4) is 0 Å². The number of benzene rings is 1. The molecule has 4 amide bonds. The largest absolute Gasteiger partial charge is 0.450 e. The number of alkyl carbamates (subject to hydrolysis) is 1. The summed E-state index contributed by atoms with van der Waals surface area (Å²) in [6.45, 7) is 3.19. The SMILES string of the molecule is CCOC(=O)N[C@H]1CCCN(C(=O)c2ccc(NC(=O)NC3CC3)cc2)C1. The lowest BCUT2D eigenvalue weighted by atomic mass is 10.0. The van der Waals surface area contributed by atoms with Gasteiger partial charge in [0.1, 0.15) is 0 Å². The number of anilines is 1. The number of nitrogens with zero attached hydrogens (tertiary/aromatic N) is 1. The molecule has 0 spiro atoms. The fourth-order valence-corrected chi connectivity index (χ4v) is 3.08. The quantitative estimate of drug-likeness (QED) is 0.736. The summed E-state index contributed by atoms with van der Waals surface area (Å²) in [4.78, 5) is 37.8. The van der Waals surface area contributed by atoms with Crippen molar-refractivity contribution in [1.29, 1.82) is 0 Å². The highest BCUT2D eigenvalue weighted by Gasteiger charge is 2.26. The normalized spacial score (nSPS) is 19.1. The van der Waals surface area contributed by atoms with E-state index < -0.39 is 6.09 Å². The summed E-state index contributed by atoms with van der Waals surface area (Å²) in [7, 11) is 0. The van der Waals surface area contributed by atoms with Gasteiger partial charge in [-0.1, -0.05) is 0 Å². The number of rotatable bonds is 5. The number of piperidine rings is 1. The Morgan fingerprint density at radius 2 is 1.81 bits per heavy atom. The van der Waals surface area contributed by atoms with Gasteiger partial charge < -0.3 is 25.6 Å². The summed E-state index contributed by atoms with van der Waals surface area (Å²) < 4.78 is 4.90. The minimum absolute atomic E-state index is 0.0839. The monoisotopic (exact) mass is 374 g/mol. The predicted octanol–water partition coefficient (Wildman–Crippen LogP) is 2.32. The third-order valence-electron chi connectivity index (χ3n) is 4.61. The van der Waals surface area contributed by atoms with Crippen LogP contribution in [0.25, 0.3) is 0 Å². The van der Waals surface area contributed by atoms with Gasteiger partial charge in [-0.2, -0.15) is 0 Å². The fourth-order valence-electron chi connectivity index (χ4n) is 3.08. The zero-order valence-electron chi connectivity index (χ0n) is 15.5. The molecule has 8 heteroatoms. The maximum atomic E-state index is 12.7. The summed E-state index contributed by atoms with van der Waals surface area (Å²) in [6, 6.07) is 6.82. The summed E-state index contributed by atoms with van der Waals surface area (Å²) in [5.41, 5.74) is 1.20. The molecule has 0 bridgehead atoms. The molecule has 27 heavy (non-hydrogen) atoms. The molecule has 3 N–H and O–H groups in total. The molecule has 1 aromatic carbocycles. The zero-order chi connectivity index (χ0) is 19.2. The summed E-state index contributed by atoms with van der Waals surface area (Å²) >= 11 is 0. The first-order valence-corrected chi connectivity index (χ1v) is 9.45. The highest BCUT2D eigenvalue weighted by Crippen LogP contribution is 2.19. The van der Waals surface area contributed by atoms with Crippen LogP contribution in [0.4, 0.5) is 15.3 Å². The van der Waals surface area contributed by atoms with Crippen LogP contribution >= 0.6 is 0 Å². The Balaban J connectivity index is 1.53. The molecule has 1 saturated carbocycles. The van der Waals surface area contributed by atoms with Crippen molar-refractivity contribution in [2.75, 3.05) is 25.0 Å². The molecule has 3 rings (SSSR count). The van der Waals surface area contributed by atoms with Crippen molar-refractivity contribution < 1.29 is 19.1 Å². The maximum Gasteiger partial charge on any atom is 0.407 e. The van der Waals surface area contributed by atoms with Crippen molar-refractivity contribution in [2.45, 2.75) is 44.7 Å². The summed E-state index contributed by atoms with van der Waals surface area (Å²) in [5, 5.41) is 8.41. The summed E-state index contributed by atoms with van der Waals surface area (Å²) in [5.74, 6) is -0.0839. The van der Waals surface area contributed by atoms with Crippen molar-refractivity contribution in [3.05, 3.63) is 29.8 Å². The van der Waals surface area contributed by atoms with Crippen LogP contribution in [0.2, 0.25) is 0 Å². The van der Waals surface area contributed by atoms with Crippen LogP contribution in [-0.4, -0.2) is 54.7 Å². The average Bonchev–Trinajstić information content (AvgIpc) is 3.46. The Hall–Kier alpha value is -2.77. The van der Waals surface area contributed by atoms with Crippen molar-refractivity contribution in [2.24, 2.45) is 0 Å². The van der Waals surface area contributed by atoms with Gasteiger partial charge in [-0.05, 0) is 56.9 Å². The van der Waals surface area contributed by atoms with Crippen LogP contribution in [0.5, 0.6) is 0 Å². The van der Waals surface area contributed by atoms with E-state index in [-0.39, 0.29) is 18.0 Å². The first-order valence-electron chi connectivity index (χ1n) is 9.45. The number of nitrogens with one attached hydrogen (secondary N) is 3. The van der Waals surface area contributed by atoms with Gasteiger partial charge >= 0.3 is 12.1 Å². The number of amides is 4. The molecule has 1 atom stereocenters. The van der Waals surface area contributed by atoms with Crippen LogP contribution in [0.1, 0.15) is 43.0 Å². The van der Waals surface area contributed by atoms with Gasteiger partial charge in [0, 0.05) is 36.4 Å². The Labute approximate surface area is 158 Å². The molecule has 1 heterocycles. The number of ether oxygens (including phenoxy) is 1. The van der Waals surface area contributed by atoms with E-state index in [4.69, 9.17) is 4.74 Å². The van der Waals surface area contributed by atoms with E-state index >= 15 is 0 Å². The van der Waals surface area contributed by atoms with Gasteiger partial charge in [-0.25, -0.2) is 9.59 Å². The molecule has 2 aliphatic rings. The molecule has 0 radical (unpaired) electrons. The maximum absolute atomic E-state index is 12.7. The molecule has 1 saturated heterocycles. The van der Waals surface area contributed by atoms with Gasteiger partial charge in [0.25, 0.3) is 5.91 Å². The molecule has 0 unspecified atom stereocenters. The topological polar surface area (TPSA) is 99.8 Å². The van der Waals surface area contributed by atoms with E-state index in [2.05, 4.69) is 16.0 Å². The molecule has 8 nitrogen and oxygen atoms in total. The summed E-state index contributed by atoms with van der Waals surface area (Å²) in [6.07, 6.45) is 3.26. The smallest absolute Gasteiger partial charge is 0.407 e. The number of carbonyl (C=O) groups is 3.